The summed E-state index contributed by atoms with van der Waals surface area (Å²) in [6.45, 7) is 4.73. The van der Waals surface area contributed by atoms with E-state index < -0.39 is 0 Å². The lowest BCUT2D eigenvalue weighted by Crippen LogP contribution is -2.67. The van der Waals surface area contributed by atoms with Crippen molar-refractivity contribution in [1.82, 2.24) is 4.90 Å². The molecule has 2 atom stereocenters. The lowest BCUT2D eigenvalue weighted by molar-refractivity contribution is -0.958. The van der Waals surface area contributed by atoms with Crippen LogP contribution in [0.4, 0.5) is 0 Å². The summed E-state index contributed by atoms with van der Waals surface area (Å²) in [6.07, 6.45) is 0. The van der Waals surface area contributed by atoms with Gasteiger partial charge in [0.1, 0.15) is 6.04 Å². The van der Waals surface area contributed by atoms with E-state index in [0.717, 1.165) is 17.6 Å². The first-order valence-electron chi connectivity index (χ1n) is 12.1. The number of nitrogens with zero attached hydrogens (tertiary/aromatic N) is 2. The minimum atomic E-state index is 0.360. The van der Waals surface area contributed by atoms with Crippen LogP contribution < -0.4 is 0 Å². The van der Waals surface area contributed by atoms with Gasteiger partial charge in [0.15, 0.2) is 0 Å². The Balaban J connectivity index is 1.55. The summed E-state index contributed by atoms with van der Waals surface area (Å²) in [5, 5.41) is 0. The largest absolute Gasteiger partial charge is 0.316 e. The smallest absolute Gasteiger partial charge is 0.135 e. The Morgan fingerprint density at radius 2 is 1.03 bits per heavy atom. The number of benzene rings is 4. The summed E-state index contributed by atoms with van der Waals surface area (Å²) in [7, 11) is 2.49. The third-order valence-corrected chi connectivity index (χ3v) is 7.89. The third kappa shape index (κ3) is 3.51. The van der Waals surface area contributed by atoms with Crippen LogP contribution >= 0.6 is 0 Å². The Hall–Kier alpha value is -3.20. The predicted octanol–water partition coefficient (Wildman–Crippen LogP) is 6.58. The highest BCUT2D eigenvalue weighted by Crippen LogP contribution is 2.51. The van der Waals surface area contributed by atoms with Crippen molar-refractivity contribution in [2.75, 3.05) is 33.2 Å². The zero-order chi connectivity index (χ0) is 22.3. The molecule has 0 N–H and O–H groups in total. The first kappa shape index (κ1) is 20.4. The summed E-state index contributed by atoms with van der Waals surface area (Å²) in [5.74, 6) is 0. The molecule has 0 aromatic heterocycles. The summed E-state index contributed by atoms with van der Waals surface area (Å²) in [6, 6.07) is 40.8. The van der Waals surface area contributed by atoms with Gasteiger partial charge in [-0.25, -0.2) is 0 Å². The van der Waals surface area contributed by atoms with Crippen molar-refractivity contribution < 1.29 is 4.48 Å². The van der Waals surface area contributed by atoms with Crippen LogP contribution in [0.3, 0.4) is 0 Å². The molecule has 3 aliphatic rings. The van der Waals surface area contributed by atoms with E-state index in [9.17, 15) is 0 Å². The minimum absolute atomic E-state index is 0.360. The van der Waals surface area contributed by atoms with Crippen molar-refractivity contribution in [2.24, 2.45) is 0 Å². The summed E-state index contributed by atoms with van der Waals surface area (Å²) < 4.78 is 1.11. The molecule has 4 aromatic carbocycles. The lowest BCUT2D eigenvalue weighted by atomic mass is 9.79. The van der Waals surface area contributed by atoms with Gasteiger partial charge in [0.05, 0.1) is 26.2 Å². The van der Waals surface area contributed by atoms with Crippen LogP contribution in [0.15, 0.2) is 109 Å². The van der Waals surface area contributed by atoms with Crippen LogP contribution in [0.2, 0.25) is 0 Å². The molecule has 0 unspecified atom stereocenters. The van der Waals surface area contributed by atoms with Gasteiger partial charge in [0.2, 0.25) is 0 Å². The van der Waals surface area contributed by atoms with Crippen molar-refractivity contribution >= 4 is 0 Å². The predicted molar refractivity (Wildman–Crippen MR) is 137 cm³/mol. The molecule has 0 aliphatic carbocycles. The van der Waals surface area contributed by atoms with Gasteiger partial charge in [0, 0.05) is 18.7 Å². The van der Waals surface area contributed by atoms with E-state index in [2.05, 4.69) is 121 Å². The maximum atomic E-state index is 2.75. The van der Waals surface area contributed by atoms with Crippen LogP contribution in [0, 0.1) is 0 Å². The van der Waals surface area contributed by atoms with Gasteiger partial charge in [-0.2, -0.15) is 0 Å². The Morgan fingerprint density at radius 3 is 1.61 bits per heavy atom. The third-order valence-electron chi connectivity index (χ3n) is 7.89. The monoisotopic (exact) mass is 431 g/mol. The van der Waals surface area contributed by atoms with Crippen LogP contribution in [-0.2, 0) is 0 Å². The van der Waals surface area contributed by atoms with Crippen molar-refractivity contribution in [3.63, 3.8) is 0 Å². The number of hydrogen-bond acceptors (Lipinski definition) is 1. The summed E-state index contributed by atoms with van der Waals surface area (Å²) in [4.78, 5) is 2.75. The molecular weight excluding hydrogens is 400 g/mol. The lowest BCUT2D eigenvalue weighted by Gasteiger charge is -2.58. The normalized spacial score (nSPS) is 26.3. The average molecular weight is 432 g/mol. The molecule has 164 valence electrons. The number of rotatable bonds is 4. The summed E-state index contributed by atoms with van der Waals surface area (Å²) >= 11 is 0. The van der Waals surface area contributed by atoms with Crippen molar-refractivity contribution in [3.8, 4) is 22.3 Å². The molecule has 33 heavy (non-hydrogen) atoms. The zero-order valence-electron chi connectivity index (χ0n) is 19.3. The van der Waals surface area contributed by atoms with E-state index >= 15 is 0 Å². The molecule has 3 heterocycles. The minimum Gasteiger partial charge on any atom is -0.316 e. The summed E-state index contributed by atoms with van der Waals surface area (Å²) in [5.41, 5.74) is 8.30. The Labute approximate surface area is 197 Å². The van der Waals surface area contributed by atoms with Gasteiger partial charge in [-0.1, -0.05) is 109 Å². The maximum Gasteiger partial charge on any atom is 0.135 e. The highest BCUT2D eigenvalue weighted by atomic mass is 15.5. The first-order valence-corrected chi connectivity index (χ1v) is 12.1. The molecule has 3 saturated heterocycles. The SMILES string of the molecule is C[N+]12CCN(CC1)[C@@H](c1ccccc1-c1ccccc1)[C@@H]2c1ccccc1-c1ccccc1. The molecule has 7 rings (SSSR count). The molecule has 4 aromatic rings. The maximum absolute atomic E-state index is 2.75. The second kappa shape index (κ2) is 8.30. The number of piperazine rings is 3. The number of fused-ring (bicyclic) bond motifs is 3. The van der Waals surface area contributed by atoms with E-state index in [1.54, 1.807) is 0 Å². The van der Waals surface area contributed by atoms with Gasteiger partial charge in [-0.05, 0) is 27.8 Å². The quantitative estimate of drug-likeness (QED) is 0.330. The zero-order valence-corrected chi connectivity index (χ0v) is 19.3. The Morgan fingerprint density at radius 1 is 0.576 bits per heavy atom. The van der Waals surface area contributed by atoms with Gasteiger partial charge < -0.3 is 4.48 Å². The van der Waals surface area contributed by atoms with Crippen LogP contribution in [-0.4, -0.2) is 42.6 Å². The van der Waals surface area contributed by atoms with Crippen LogP contribution in [0.1, 0.15) is 23.2 Å². The molecule has 0 saturated carbocycles. The molecule has 2 nitrogen and oxygen atoms in total. The molecule has 0 radical (unpaired) electrons. The molecule has 3 fully saturated rings. The molecular formula is C31H31N2+. The Kier molecular flexibility index (Phi) is 5.13. The average Bonchev–Trinajstić information content (AvgIpc) is 2.89. The molecule has 3 aliphatic heterocycles. The van der Waals surface area contributed by atoms with Gasteiger partial charge in [0.25, 0.3) is 0 Å². The molecule has 0 spiro atoms. The fourth-order valence-corrected chi connectivity index (χ4v) is 6.18. The number of likely N-dealkylation sites (N-methyl/N-ethyl adjacent to an activating group) is 1. The highest BCUT2D eigenvalue weighted by molar-refractivity contribution is 5.70. The second-order valence-corrected chi connectivity index (χ2v) is 9.76. The van der Waals surface area contributed by atoms with Crippen LogP contribution in [0.25, 0.3) is 22.3 Å². The fourth-order valence-electron chi connectivity index (χ4n) is 6.18. The van der Waals surface area contributed by atoms with E-state index in [-0.39, 0.29) is 0 Å². The Bertz CT molecular complexity index is 1240. The topological polar surface area (TPSA) is 3.24 Å². The standard InChI is InChI=1S/C31H31N2/c1-33-22-20-32(21-23-33)30(28-18-10-8-16-26(28)24-12-4-2-5-13-24)31(33)29-19-11-9-17-27(29)25-14-6-3-7-15-25/h2-19,30-31H,20-23H2,1H3/q+1/t30-,31-/m0/s1. The van der Waals surface area contributed by atoms with E-state index in [1.165, 1.54) is 46.5 Å². The van der Waals surface area contributed by atoms with E-state index in [1.807, 2.05) is 0 Å². The van der Waals surface area contributed by atoms with Gasteiger partial charge in [-0.15, -0.1) is 0 Å². The first-order chi connectivity index (χ1) is 16.2. The molecule has 2 bridgehead atoms. The van der Waals surface area contributed by atoms with Gasteiger partial charge in [-0.3, -0.25) is 4.90 Å². The van der Waals surface area contributed by atoms with Crippen LogP contribution in [0.5, 0.6) is 0 Å². The second-order valence-electron chi connectivity index (χ2n) is 9.76. The van der Waals surface area contributed by atoms with E-state index in [0.29, 0.717) is 12.1 Å². The van der Waals surface area contributed by atoms with Gasteiger partial charge >= 0.3 is 0 Å². The fraction of sp³-hybridized carbons (Fsp3) is 0.226. The highest BCUT2D eigenvalue weighted by Gasteiger charge is 2.52. The van der Waals surface area contributed by atoms with E-state index in [4.69, 9.17) is 0 Å². The molecule has 2 heteroatoms. The van der Waals surface area contributed by atoms with Crippen molar-refractivity contribution in [1.29, 1.82) is 0 Å². The molecule has 0 amide bonds. The van der Waals surface area contributed by atoms with Crippen molar-refractivity contribution in [3.05, 3.63) is 120 Å². The number of hydrogen-bond donors (Lipinski definition) is 0. The van der Waals surface area contributed by atoms with Crippen molar-refractivity contribution in [2.45, 2.75) is 12.1 Å². The number of quaternary nitrogens is 1.